The van der Waals surface area contributed by atoms with Gasteiger partial charge in [0.25, 0.3) is 0 Å². The molecule has 1 saturated carbocycles. The van der Waals surface area contributed by atoms with Crippen LogP contribution in [0.25, 0.3) is 0 Å². The van der Waals surface area contributed by atoms with Crippen molar-refractivity contribution in [1.82, 2.24) is 0 Å². The molecule has 0 amide bonds. The van der Waals surface area contributed by atoms with Gasteiger partial charge in [-0.2, -0.15) is 0 Å². The third-order valence-electron chi connectivity index (χ3n) is 3.84. The van der Waals surface area contributed by atoms with Gasteiger partial charge in [0.15, 0.2) is 0 Å². The number of nitrogens with two attached hydrogens (primary N) is 1. The molecule has 2 N–H and O–H groups in total. The molecule has 0 unspecified atom stereocenters. The van der Waals surface area contributed by atoms with Crippen LogP contribution in [0, 0.1) is 11.8 Å². The highest BCUT2D eigenvalue weighted by atomic mass is 16.5. The summed E-state index contributed by atoms with van der Waals surface area (Å²) in [6, 6.07) is 8.11. The highest BCUT2D eigenvalue weighted by Gasteiger charge is 2.44. The number of para-hydroxylation sites is 1. The Morgan fingerprint density at radius 2 is 1.94 bits per heavy atom. The van der Waals surface area contributed by atoms with E-state index in [9.17, 15) is 0 Å². The number of hydrogen-bond acceptors (Lipinski definition) is 2. The highest BCUT2D eigenvalue weighted by molar-refractivity contribution is 5.40. The van der Waals surface area contributed by atoms with E-state index < -0.39 is 0 Å². The van der Waals surface area contributed by atoms with Gasteiger partial charge in [-0.1, -0.05) is 32.0 Å². The van der Waals surface area contributed by atoms with Crippen molar-refractivity contribution in [2.75, 3.05) is 7.11 Å². The normalized spacial score (nSPS) is 28.9. The molecular formula is C14H21NO. The van der Waals surface area contributed by atoms with Crippen LogP contribution in [-0.2, 0) is 5.54 Å². The molecule has 0 aliphatic heterocycles. The van der Waals surface area contributed by atoms with Gasteiger partial charge < -0.3 is 10.5 Å². The Labute approximate surface area is 97.8 Å². The van der Waals surface area contributed by atoms with Crippen molar-refractivity contribution in [2.45, 2.75) is 32.2 Å². The second-order valence-corrected chi connectivity index (χ2v) is 5.27. The molecule has 2 rings (SSSR count). The van der Waals surface area contributed by atoms with Gasteiger partial charge in [0.05, 0.1) is 7.11 Å². The predicted molar refractivity (Wildman–Crippen MR) is 66.4 cm³/mol. The lowest BCUT2D eigenvalue weighted by Crippen LogP contribution is -2.50. The first-order chi connectivity index (χ1) is 7.57. The van der Waals surface area contributed by atoms with Crippen molar-refractivity contribution >= 4 is 0 Å². The van der Waals surface area contributed by atoms with E-state index in [1.54, 1.807) is 7.11 Å². The molecule has 88 valence electrons. The molecule has 16 heavy (non-hydrogen) atoms. The van der Waals surface area contributed by atoms with E-state index in [0.29, 0.717) is 0 Å². The molecule has 0 aromatic heterocycles. The van der Waals surface area contributed by atoms with E-state index in [0.717, 1.165) is 36.0 Å². The van der Waals surface area contributed by atoms with Crippen molar-refractivity contribution in [3.05, 3.63) is 29.8 Å². The third kappa shape index (κ3) is 1.82. The topological polar surface area (TPSA) is 35.2 Å². The maximum absolute atomic E-state index is 6.45. The minimum Gasteiger partial charge on any atom is -0.496 e. The van der Waals surface area contributed by atoms with Crippen molar-refractivity contribution in [3.63, 3.8) is 0 Å². The summed E-state index contributed by atoms with van der Waals surface area (Å²) < 4.78 is 5.38. The van der Waals surface area contributed by atoms with E-state index in [1.807, 2.05) is 18.2 Å². The van der Waals surface area contributed by atoms with E-state index >= 15 is 0 Å². The number of ether oxygens (including phenoxy) is 1. The van der Waals surface area contributed by atoms with Crippen molar-refractivity contribution in [2.24, 2.45) is 17.6 Å². The SMILES string of the molecule is COc1ccccc1C1(N)CC(C(C)C)C1. The zero-order valence-electron chi connectivity index (χ0n) is 10.4. The molecule has 0 saturated heterocycles. The van der Waals surface area contributed by atoms with E-state index in [1.165, 1.54) is 0 Å². The maximum atomic E-state index is 6.45. The zero-order chi connectivity index (χ0) is 11.8. The number of benzene rings is 1. The number of methoxy groups -OCH3 is 1. The van der Waals surface area contributed by atoms with Crippen LogP contribution in [0.1, 0.15) is 32.3 Å². The molecule has 1 aromatic rings. The Bertz CT molecular complexity index is 367. The fourth-order valence-electron chi connectivity index (χ4n) is 2.62. The van der Waals surface area contributed by atoms with Crippen LogP contribution in [0.2, 0.25) is 0 Å². The molecule has 0 atom stereocenters. The van der Waals surface area contributed by atoms with Gasteiger partial charge >= 0.3 is 0 Å². The molecule has 0 radical (unpaired) electrons. The van der Waals surface area contributed by atoms with Crippen LogP contribution < -0.4 is 10.5 Å². The fraction of sp³-hybridized carbons (Fsp3) is 0.571. The van der Waals surface area contributed by atoms with Crippen LogP contribution in [0.5, 0.6) is 5.75 Å². The molecule has 1 aliphatic rings. The number of rotatable bonds is 3. The first-order valence-electron chi connectivity index (χ1n) is 5.99. The van der Waals surface area contributed by atoms with Crippen molar-refractivity contribution in [1.29, 1.82) is 0 Å². The Hall–Kier alpha value is -1.02. The van der Waals surface area contributed by atoms with Gasteiger partial charge in [-0.15, -0.1) is 0 Å². The van der Waals surface area contributed by atoms with Crippen molar-refractivity contribution in [3.8, 4) is 5.75 Å². The van der Waals surface area contributed by atoms with E-state index in [4.69, 9.17) is 10.5 Å². The molecule has 1 aromatic carbocycles. The minimum atomic E-state index is -0.165. The summed E-state index contributed by atoms with van der Waals surface area (Å²) in [6.45, 7) is 4.54. The zero-order valence-corrected chi connectivity index (χ0v) is 10.4. The molecule has 0 heterocycles. The monoisotopic (exact) mass is 219 g/mol. The van der Waals surface area contributed by atoms with Crippen LogP contribution >= 0.6 is 0 Å². The van der Waals surface area contributed by atoms with Gasteiger partial charge in [0.2, 0.25) is 0 Å². The minimum absolute atomic E-state index is 0.165. The van der Waals surface area contributed by atoms with Gasteiger partial charge in [0, 0.05) is 11.1 Å². The molecule has 2 heteroatoms. The second kappa shape index (κ2) is 4.10. The van der Waals surface area contributed by atoms with Gasteiger partial charge in [-0.3, -0.25) is 0 Å². The molecule has 2 nitrogen and oxygen atoms in total. The molecule has 1 fully saturated rings. The molecule has 0 spiro atoms. The first-order valence-corrected chi connectivity index (χ1v) is 5.99. The summed E-state index contributed by atoms with van der Waals surface area (Å²) in [5, 5.41) is 0. The summed E-state index contributed by atoms with van der Waals surface area (Å²) in [5.41, 5.74) is 7.45. The van der Waals surface area contributed by atoms with E-state index in [-0.39, 0.29) is 5.54 Å². The predicted octanol–water partition coefficient (Wildman–Crippen LogP) is 2.92. The Balaban J connectivity index is 2.19. The highest BCUT2D eigenvalue weighted by Crippen LogP contribution is 2.49. The summed E-state index contributed by atoms with van der Waals surface area (Å²) in [6.07, 6.45) is 2.15. The molecule has 1 aliphatic carbocycles. The van der Waals surface area contributed by atoms with Gasteiger partial charge in [0.1, 0.15) is 5.75 Å². The molecular weight excluding hydrogens is 198 g/mol. The largest absolute Gasteiger partial charge is 0.496 e. The Kier molecular flexibility index (Phi) is 2.94. The average molecular weight is 219 g/mol. The smallest absolute Gasteiger partial charge is 0.123 e. The lowest BCUT2D eigenvalue weighted by atomic mass is 9.61. The van der Waals surface area contributed by atoms with Gasteiger partial charge in [-0.25, -0.2) is 0 Å². The van der Waals surface area contributed by atoms with Gasteiger partial charge in [-0.05, 0) is 30.7 Å². The van der Waals surface area contributed by atoms with Crippen LogP contribution in [0.4, 0.5) is 0 Å². The fourth-order valence-corrected chi connectivity index (χ4v) is 2.62. The van der Waals surface area contributed by atoms with E-state index in [2.05, 4.69) is 19.9 Å². The quantitative estimate of drug-likeness (QED) is 0.848. The molecule has 0 bridgehead atoms. The number of hydrogen-bond donors (Lipinski definition) is 1. The van der Waals surface area contributed by atoms with Crippen LogP contribution in [0.15, 0.2) is 24.3 Å². The second-order valence-electron chi connectivity index (χ2n) is 5.27. The Morgan fingerprint density at radius 1 is 1.31 bits per heavy atom. The maximum Gasteiger partial charge on any atom is 0.123 e. The lowest BCUT2D eigenvalue weighted by Gasteiger charge is -2.47. The summed E-state index contributed by atoms with van der Waals surface area (Å²) in [4.78, 5) is 0. The summed E-state index contributed by atoms with van der Waals surface area (Å²) in [7, 11) is 1.71. The summed E-state index contributed by atoms with van der Waals surface area (Å²) in [5.74, 6) is 2.41. The Morgan fingerprint density at radius 3 is 2.50 bits per heavy atom. The average Bonchev–Trinajstić information content (AvgIpc) is 2.24. The summed E-state index contributed by atoms with van der Waals surface area (Å²) >= 11 is 0. The van der Waals surface area contributed by atoms with Crippen molar-refractivity contribution < 1.29 is 4.74 Å². The first kappa shape index (κ1) is 11.5. The van der Waals surface area contributed by atoms with Crippen LogP contribution in [-0.4, -0.2) is 7.11 Å². The lowest BCUT2D eigenvalue weighted by molar-refractivity contribution is 0.102. The van der Waals surface area contributed by atoms with Crippen LogP contribution in [0.3, 0.4) is 0 Å². The standard InChI is InChI=1S/C14H21NO/c1-10(2)11-8-14(15,9-11)12-6-4-5-7-13(12)16-3/h4-7,10-11H,8-9,15H2,1-3H3. The third-order valence-corrected chi connectivity index (χ3v) is 3.84.